The van der Waals surface area contributed by atoms with Crippen LogP contribution in [0, 0.1) is 0 Å². The van der Waals surface area contributed by atoms with E-state index in [0.717, 1.165) is 11.5 Å². The van der Waals surface area contributed by atoms with Crippen LogP contribution >= 0.6 is 11.8 Å². The Balaban J connectivity index is 2.28. The van der Waals surface area contributed by atoms with Gasteiger partial charge in [0.2, 0.25) is 0 Å². The number of hydrogen-bond donors (Lipinski definition) is 0. The normalized spacial score (nSPS) is 10.7. The zero-order valence-electron chi connectivity index (χ0n) is 6.20. The van der Waals surface area contributed by atoms with Gasteiger partial charge in [-0.2, -0.15) is 11.8 Å². The second-order valence-electron chi connectivity index (χ2n) is 2.34. The van der Waals surface area contributed by atoms with Crippen molar-refractivity contribution in [1.29, 1.82) is 0 Å². The van der Waals surface area contributed by atoms with Crippen LogP contribution in [0.5, 0.6) is 0 Å². The van der Waals surface area contributed by atoms with Crippen LogP contribution in [-0.2, 0) is 5.75 Å². The van der Waals surface area contributed by atoms with Gasteiger partial charge in [0.15, 0.2) is 0 Å². The highest BCUT2D eigenvalue weighted by Gasteiger charge is 1.98. The third kappa shape index (κ3) is 2.43. The van der Waals surface area contributed by atoms with Gasteiger partial charge in [-0.15, -0.1) is 0 Å². The van der Waals surface area contributed by atoms with Crippen molar-refractivity contribution in [3.05, 3.63) is 18.0 Å². The minimum atomic E-state index is 0.658. The Labute approximate surface area is 65.0 Å². The first-order valence-corrected chi connectivity index (χ1v) is 4.35. The van der Waals surface area contributed by atoms with Gasteiger partial charge in [0, 0.05) is 6.07 Å². The molecule has 0 saturated heterocycles. The molecule has 1 aromatic rings. The van der Waals surface area contributed by atoms with Crippen LogP contribution in [0.3, 0.4) is 0 Å². The highest BCUT2D eigenvalue weighted by molar-refractivity contribution is 7.99. The van der Waals surface area contributed by atoms with Crippen molar-refractivity contribution in [3.63, 3.8) is 0 Å². The quantitative estimate of drug-likeness (QED) is 0.673. The molecule has 0 spiro atoms. The zero-order chi connectivity index (χ0) is 7.40. The lowest BCUT2D eigenvalue weighted by Crippen LogP contribution is -1.86. The third-order valence-electron chi connectivity index (χ3n) is 1.05. The Kier molecular flexibility index (Phi) is 2.81. The van der Waals surface area contributed by atoms with E-state index in [1.165, 1.54) is 0 Å². The van der Waals surface area contributed by atoms with Gasteiger partial charge in [0.25, 0.3) is 0 Å². The van der Waals surface area contributed by atoms with Crippen LogP contribution in [-0.4, -0.2) is 10.4 Å². The fourth-order valence-corrected chi connectivity index (χ4v) is 1.21. The van der Waals surface area contributed by atoms with Gasteiger partial charge in [-0.3, -0.25) is 0 Å². The first-order valence-electron chi connectivity index (χ1n) is 3.30. The molecule has 56 valence electrons. The van der Waals surface area contributed by atoms with Gasteiger partial charge in [-0.05, 0) is 5.25 Å². The Morgan fingerprint density at radius 1 is 1.70 bits per heavy atom. The lowest BCUT2D eigenvalue weighted by Gasteiger charge is -1.99. The van der Waals surface area contributed by atoms with Crippen LogP contribution in [0.4, 0.5) is 0 Å². The van der Waals surface area contributed by atoms with Gasteiger partial charge >= 0.3 is 0 Å². The molecule has 1 heterocycles. The molecule has 0 aliphatic heterocycles. The first-order chi connectivity index (χ1) is 4.79. The summed E-state index contributed by atoms with van der Waals surface area (Å²) in [4.78, 5) is 0. The third-order valence-corrected chi connectivity index (χ3v) is 2.17. The van der Waals surface area contributed by atoms with E-state index in [9.17, 15) is 0 Å². The summed E-state index contributed by atoms with van der Waals surface area (Å²) in [6.45, 7) is 4.34. The van der Waals surface area contributed by atoms with Gasteiger partial charge in [-0.1, -0.05) is 19.0 Å². The SMILES string of the molecule is CC(C)SCc1ccno1. The summed E-state index contributed by atoms with van der Waals surface area (Å²) in [5.74, 6) is 1.89. The van der Waals surface area contributed by atoms with E-state index in [0.29, 0.717) is 5.25 Å². The predicted octanol–water partition coefficient (Wildman–Crippen LogP) is 2.32. The van der Waals surface area contributed by atoms with Crippen molar-refractivity contribution < 1.29 is 4.52 Å². The number of thioether (sulfide) groups is 1. The molecule has 3 heteroatoms. The second kappa shape index (κ2) is 3.66. The van der Waals surface area contributed by atoms with E-state index >= 15 is 0 Å². The van der Waals surface area contributed by atoms with E-state index < -0.39 is 0 Å². The van der Waals surface area contributed by atoms with Gasteiger partial charge < -0.3 is 4.52 Å². The van der Waals surface area contributed by atoms with Crippen LogP contribution in [0.2, 0.25) is 0 Å². The van der Waals surface area contributed by atoms with Crippen molar-refractivity contribution in [1.82, 2.24) is 5.16 Å². The highest BCUT2D eigenvalue weighted by Crippen LogP contribution is 2.15. The molecule has 1 rings (SSSR count). The van der Waals surface area contributed by atoms with Crippen molar-refractivity contribution in [2.45, 2.75) is 24.9 Å². The van der Waals surface area contributed by atoms with E-state index in [2.05, 4.69) is 19.0 Å². The molecule has 0 radical (unpaired) electrons. The molecule has 2 nitrogen and oxygen atoms in total. The largest absolute Gasteiger partial charge is 0.361 e. The number of rotatable bonds is 3. The summed E-state index contributed by atoms with van der Waals surface area (Å²) in [6.07, 6.45) is 1.68. The predicted molar refractivity (Wildman–Crippen MR) is 42.9 cm³/mol. The van der Waals surface area contributed by atoms with E-state index in [1.54, 1.807) is 6.20 Å². The fraction of sp³-hybridized carbons (Fsp3) is 0.571. The molecule has 10 heavy (non-hydrogen) atoms. The molecular formula is C7H11NOS. The van der Waals surface area contributed by atoms with Crippen LogP contribution in [0.25, 0.3) is 0 Å². The molecule has 0 fully saturated rings. The number of aromatic nitrogens is 1. The number of hydrogen-bond acceptors (Lipinski definition) is 3. The van der Waals surface area contributed by atoms with Gasteiger partial charge in [0.1, 0.15) is 5.76 Å². The maximum absolute atomic E-state index is 4.91. The van der Waals surface area contributed by atoms with E-state index in [-0.39, 0.29) is 0 Å². The standard InChI is InChI=1S/C7H11NOS/c1-6(2)10-5-7-3-4-8-9-7/h3-4,6H,5H2,1-2H3. The monoisotopic (exact) mass is 157 g/mol. The summed E-state index contributed by atoms with van der Waals surface area (Å²) < 4.78 is 4.91. The maximum Gasteiger partial charge on any atom is 0.146 e. The van der Waals surface area contributed by atoms with Crippen molar-refractivity contribution in [2.24, 2.45) is 0 Å². The smallest absolute Gasteiger partial charge is 0.146 e. The summed E-state index contributed by atoms with van der Waals surface area (Å²) in [5.41, 5.74) is 0. The highest BCUT2D eigenvalue weighted by atomic mass is 32.2. The Bertz CT molecular complexity index is 172. The Morgan fingerprint density at radius 2 is 2.50 bits per heavy atom. The Hall–Kier alpha value is -0.440. The van der Waals surface area contributed by atoms with E-state index in [1.807, 2.05) is 17.8 Å². The summed E-state index contributed by atoms with van der Waals surface area (Å²) >= 11 is 1.86. The maximum atomic E-state index is 4.91. The summed E-state index contributed by atoms with van der Waals surface area (Å²) in [7, 11) is 0. The first kappa shape index (κ1) is 7.66. The summed E-state index contributed by atoms with van der Waals surface area (Å²) in [6, 6.07) is 1.90. The molecule has 1 aromatic heterocycles. The minimum Gasteiger partial charge on any atom is -0.361 e. The van der Waals surface area contributed by atoms with Crippen LogP contribution in [0.15, 0.2) is 16.8 Å². The van der Waals surface area contributed by atoms with Gasteiger partial charge in [0.05, 0.1) is 11.9 Å². The van der Waals surface area contributed by atoms with Crippen LogP contribution < -0.4 is 0 Å². The molecule has 0 N–H and O–H groups in total. The molecule has 0 unspecified atom stereocenters. The fourth-order valence-electron chi connectivity index (χ4n) is 0.565. The molecule has 0 aliphatic carbocycles. The van der Waals surface area contributed by atoms with Crippen molar-refractivity contribution >= 4 is 11.8 Å². The molecule has 0 aromatic carbocycles. The molecule has 0 saturated carbocycles. The zero-order valence-corrected chi connectivity index (χ0v) is 7.02. The summed E-state index contributed by atoms with van der Waals surface area (Å²) in [5, 5.41) is 4.27. The van der Waals surface area contributed by atoms with Gasteiger partial charge in [-0.25, -0.2) is 0 Å². The Morgan fingerprint density at radius 3 is 3.00 bits per heavy atom. The average molecular weight is 157 g/mol. The molecule has 0 aliphatic rings. The molecule has 0 atom stereocenters. The van der Waals surface area contributed by atoms with Crippen LogP contribution in [0.1, 0.15) is 19.6 Å². The number of nitrogens with zero attached hydrogens (tertiary/aromatic N) is 1. The lowest BCUT2D eigenvalue weighted by molar-refractivity contribution is 0.395. The van der Waals surface area contributed by atoms with Crippen molar-refractivity contribution in [2.75, 3.05) is 0 Å². The molecular weight excluding hydrogens is 146 g/mol. The van der Waals surface area contributed by atoms with Crippen molar-refractivity contribution in [3.8, 4) is 0 Å². The topological polar surface area (TPSA) is 26.0 Å². The average Bonchev–Trinajstić information content (AvgIpc) is 2.34. The molecule has 0 amide bonds. The second-order valence-corrected chi connectivity index (χ2v) is 3.90. The molecule has 0 bridgehead atoms. The minimum absolute atomic E-state index is 0.658. The van der Waals surface area contributed by atoms with E-state index in [4.69, 9.17) is 4.52 Å². The lowest BCUT2D eigenvalue weighted by atomic mass is 10.5.